The van der Waals surface area contributed by atoms with Crippen molar-refractivity contribution in [3.05, 3.63) is 46.2 Å². The van der Waals surface area contributed by atoms with Gasteiger partial charge in [-0.1, -0.05) is 31.2 Å². The lowest BCUT2D eigenvalue weighted by Crippen LogP contribution is -2.49. The standard InChI is InChI=1S/C25H32ClNO4/c1-7-15-13-17(26)14-16(8-2)19(15)20-21(31-23(29)24(3,4)5)25(27-22(20)28)11-9-18(30-6)10-12-25/h7,13-14,18H,1,8-12H2,2-6H3,(H,27,28). The van der Waals surface area contributed by atoms with Gasteiger partial charge in [0.25, 0.3) is 5.91 Å². The topological polar surface area (TPSA) is 64.6 Å². The molecule has 6 heteroatoms. The Morgan fingerprint density at radius 1 is 1.32 bits per heavy atom. The van der Waals surface area contributed by atoms with Crippen molar-refractivity contribution >= 4 is 35.1 Å². The second-order valence-electron chi connectivity index (χ2n) is 9.40. The van der Waals surface area contributed by atoms with E-state index in [4.69, 9.17) is 21.1 Å². The quantitative estimate of drug-likeness (QED) is 0.624. The molecule has 0 bridgehead atoms. The molecule has 1 spiro atoms. The fourth-order valence-corrected chi connectivity index (χ4v) is 4.65. The van der Waals surface area contributed by atoms with E-state index >= 15 is 0 Å². The van der Waals surface area contributed by atoms with Crippen LogP contribution < -0.4 is 5.32 Å². The van der Waals surface area contributed by atoms with Gasteiger partial charge in [-0.25, -0.2) is 0 Å². The van der Waals surface area contributed by atoms with Gasteiger partial charge in [0.1, 0.15) is 5.76 Å². The van der Waals surface area contributed by atoms with Crippen LogP contribution >= 0.6 is 11.6 Å². The van der Waals surface area contributed by atoms with Gasteiger partial charge in [-0.15, -0.1) is 0 Å². The summed E-state index contributed by atoms with van der Waals surface area (Å²) < 4.78 is 11.6. The monoisotopic (exact) mass is 445 g/mol. The van der Waals surface area contributed by atoms with Gasteiger partial charge in [-0.3, -0.25) is 9.59 Å². The van der Waals surface area contributed by atoms with Crippen LogP contribution in [0.1, 0.15) is 70.1 Å². The largest absolute Gasteiger partial charge is 0.427 e. The minimum absolute atomic E-state index is 0.136. The van der Waals surface area contributed by atoms with E-state index in [1.54, 1.807) is 19.3 Å². The third-order valence-corrected chi connectivity index (χ3v) is 6.45. The Morgan fingerprint density at radius 2 is 1.97 bits per heavy atom. The summed E-state index contributed by atoms with van der Waals surface area (Å²) in [7, 11) is 1.70. The van der Waals surface area contributed by atoms with Crippen LogP contribution in [-0.4, -0.2) is 30.6 Å². The van der Waals surface area contributed by atoms with E-state index in [2.05, 4.69) is 11.9 Å². The zero-order valence-electron chi connectivity index (χ0n) is 19.1. The maximum Gasteiger partial charge on any atom is 0.316 e. The number of hydrogen-bond donors (Lipinski definition) is 1. The number of amides is 1. The summed E-state index contributed by atoms with van der Waals surface area (Å²) in [6.07, 6.45) is 5.34. The number of halogens is 1. The Labute approximate surface area is 189 Å². The third kappa shape index (κ3) is 4.44. The molecule has 168 valence electrons. The number of nitrogens with one attached hydrogen (secondary N) is 1. The fraction of sp³-hybridized carbons (Fsp3) is 0.520. The van der Waals surface area contributed by atoms with Crippen molar-refractivity contribution in [3.8, 4) is 0 Å². The number of aryl methyl sites for hydroxylation is 1. The molecular formula is C25H32ClNO4. The molecule has 1 saturated carbocycles. The first-order chi connectivity index (χ1) is 14.6. The summed E-state index contributed by atoms with van der Waals surface area (Å²) in [5.41, 5.74) is 1.40. The van der Waals surface area contributed by atoms with Crippen molar-refractivity contribution < 1.29 is 19.1 Å². The molecular weight excluding hydrogens is 414 g/mol. The second-order valence-corrected chi connectivity index (χ2v) is 9.84. The number of carbonyl (C=O) groups is 2. The van der Waals surface area contributed by atoms with E-state index in [0.29, 0.717) is 35.6 Å². The molecule has 0 radical (unpaired) electrons. The maximum absolute atomic E-state index is 13.4. The van der Waals surface area contributed by atoms with E-state index in [9.17, 15) is 9.59 Å². The molecule has 1 heterocycles. The average Bonchev–Trinajstić information content (AvgIpc) is 2.97. The van der Waals surface area contributed by atoms with Crippen LogP contribution in [-0.2, 0) is 25.5 Å². The van der Waals surface area contributed by atoms with Gasteiger partial charge in [0, 0.05) is 17.7 Å². The highest BCUT2D eigenvalue weighted by Gasteiger charge is 2.51. The Hall–Kier alpha value is -2.11. The van der Waals surface area contributed by atoms with E-state index in [-0.39, 0.29) is 18.0 Å². The van der Waals surface area contributed by atoms with Gasteiger partial charge in [0.2, 0.25) is 0 Å². The van der Waals surface area contributed by atoms with Crippen LogP contribution in [0.15, 0.2) is 24.5 Å². The summed E-state index contributed by atoms with van der Waals surface area (Å²) in [4.78, 5) is 26.4. The van der Waals surface area contributed by atoms with Crippen LogP contribution in [0, 0.1) is 5.41 Å². The molecule has 3 rings (SSSR count). The van der Waals surface area contributed by atoms with E-state index in [0.717, 1.165) is 29.5 Å². The summed E-state index contributed by atoms with van der Waals surface area (Å²) in [5, 5.41) is 3.76. The highest BCUT2D eigenvalue weighted by atomic mass is 35.5. The third-order valence-electron chi connectivity index (χ3n) is 6.23. The summed E-state index contributed by atoms with van der Waals surface area (Å²) in [6.45, 7) is 11.4. The molecule has 1 aliphatic heterocycles. The molecule has 0 atom stereocenters. The first-order valence-electron chi connectivity index (χ1n) is 10.8. The van der Waals surface area contributed by atoms with Crippen LogP contribution in [0.4, 0.5) is 0 Å². The lowest BCUT2D eigenvalue weighted by Gasteiger charge is -2.38. The highest BCUT2D eigenvalue weighted by Crippen LogP contribution is 2.46. The molecule has 0 aromatic heterocycles. The van der Waals surface area contributed by atoms with Gasteiger partial charge >= 0.3 is 5.97 Å². The number of benzene rings is 1. The first-order valence-corrected chi connectivity index (χ1v) is 11.2. The molecule has 1 aliphatic carbocycles. The van der Waals surface area contributed by atoms with Crippen molar-refractivity contribution in [2.75, 3.05) is 7.11 Å². The highest BCUT2D eigenvalue weighted by molar-refractivity contribution is 6.31. The van der Waals surface area contributed by atoms with Crippen molar-refractivity contribution in [1.82, 2.24) is 5.32 Å². The van der Waals surface area contributed by atoms with Crippen molar-refractivity contribution in [2.24, 2.45) is 5.41 Å². The molecule has 0 saturated heterocycles. The van der Waals surface area contributed by atoms with Crippen molar-refractivity contribution in [1.29, 1.82) is 0 Å². The van der Waals surface area contributed by atoms with Gasteiger partial charge < -0.3 is 14.8 Å². The Kier molecular flexibility index (Phi) is 6.68. The zero-order valence-corrected chi connectivity index (χ0v) is 19.8. The Balaban J connectivity index is 2.24. The second kappa shape index (κ2) is 8.79. The first kappa shape index (κ1) is 23.6. The van der Waals surface area contributed by atoms with Gasteiger partial charge in [-0.05, 0) is 76.1 Å². The minimum Gasteiger partial charge on any atom is -0.427 e. The number of methoxy groups -OCH3 is 1. The van der Waals surface area contributed by atoms with Crippen LogP contribution in [0.2, 0.25) is 5.02 Å². The maximum atomic E-state index is 13.4. The van der Waals surface area contributed by atoms with Crippen LogP contribution in [0.5, 0.6) is 0 Å². The average molecular weight is 446 g/mol. The van der Waals surface area contributed by atoms with Crippen molar-refractivity contribution in [3.63, 3.8) is 0 Å². The molecule has 0 unspecified atom stereocenters. The fourth-order valence-electron chi connectivity index (χ4n) is 4.40. The molecule has 31 heavy (non-hydrogen) atoms. The van der Waals surface area contributed by atoms with Crippen molar-refractivity contribution in [2.45, 2.75) is 71.4 Å². The molecule has 5 nitrogen and oxygen atoms in total. The summed E-state index contributed by atoms with van der Waals surface area (Å²) in [5.74, 6) is -0.170. The molecule has 1 aromatic rings. The van der Waals surface area contributed by atoms with Crippen LogP contribution in [0.3, 0.4) is 0 Å². The van der Waals surface area contributed by atoms with Gasteiger partial charge in [0.05, 0.1) is 22.6 Å². The molecule has 2 aliphatic rings. The SMILES string of the molecule is C=Cc1cc(Cl)cc(CC)c1C1=C(OC(=O)C(C)(C)C)C2(CCC(OC)CC2)NC1=O. The van der Waals surface area contributed by atoms with Crippen LogP contribution in [0.25, 0.3) is 11.6 Å². The minimum atomic E-state index is -0.717. The number of carbonyl (C=O) groups excluding carboxylic acids is 2. The van der Waals surface area contributed by atoms with Gasteiger partial charge in [0.15, 0.2) is 0 Å². The Bertz CT molecular complexity index is 934. The lowest BCUT2D eigenvalue weighted by molar-refractivity contribution is -0.150. The van der Waals surface area contributed by atoms with E-state index < -0.39 is 11.0 Å². The number of hydrogen-bond acceptors (Lipinski definition) is 4. The lowest BCUT2D eigenvalue weighted by atomic mass is 9.78. The normalized spacial score (nSPS) is 23.8. The number of esters is 1. The molecule has 1 aromatic carbocycles. The molecule has 1 amide bonds. The summed E-state index contributed by atoms with van der Waals surface area (Å²) in [6, 6.07) is 3.65. The zero-order chi connectivity index (χ0) is 23.0. The predicted molar refractivity (Wildman–Crippen MR) is 124 cm³/mol. The number of rotatable bonds is 5. The molecule has 1 fully saturated rings. The summed E-state index contributed by atoms with van der Waals surface area (Å²) >= 11 is 6.31. The smallest absolute Gasteiger partial charge is 0.316 e. The Morgan fingerprint density at radius 3 is 2.48 bits per heavy atom. The predicted octanol–water partition coefficient (Wildman–Crippen LogP) is 5.30. The van der Waals surface area contributed by atoms with E-state index in [1.165, 1.54) is 0 Å². The van der Waals surface area contributed by atoms with E-state index in [1.807, 2.05) is 33.8 Å². The van der Waals surface area contributed by atoms with Gasteiger partial charge in [-0.2, -0.15) is 0 Å². The molecule has 1 N–H and O–H groups in total. The number of ether oxygens (including phenoxy) is 2.